The molecule has 0 aliphatic rings. The van der Waals surface area contributed by atoms with Crippen LogP contribution in [0.15, 0.2) is 0 Å². The fourth-order valence-corrected chi connectivity index (χ4v) is 4.69. The normalized spacial score (nSPS) is 12.4. The third kappa shape index (κ3) is 4.91. The van der Waals surface area contributed by atoms with Crippen molar-refractivity contribution in [2.75, 3.05) is 6.54 Å². The van der Waals surface area contributed by atoms with Crippen molar-refractivity contribution in [1.82, 2.24) is 5.32 Å². The van der Waals surface area contributed by atoms with E-state index in [4.69, 9.17) is 0 Å². The van der Waals surface area contributed by atoms with Crippen LogP contribution in [0.3, 0.4) is 0 Å². The highest BCUT2D eigenvalue weighted by atomic mass is 19.2. The van der Waals surface area contributed by atoms with Crippen molar-refractivity contribution in [1.29, 1.82) is 0 Å². The number of rotatable bonds is 6. The Bertz CT molecular complexity index is 1310. The first kappa shape index (κ1) is 32.2. The van der Waals surface area contributed by atoms with Crippen molar-refractivity contribution in [2.45, 2.75) is 32.6 Å². The molecule has 0 aliphatic carbocycles. The largest absolute Gasteiger partial charge is 0.315 e. The first-order valence-corrected chi connectivity index (χ1v) is 11.2. The van der Waals surface area contributed by atoms with Crippen molar-refractivity contribution in [3.8, 4) is 0 Å². The fourth-order valence-electron chi connectivity index (χ4n) is 4.69. The summed E-state index contributed by atoms with van der Waals surface area (Å²) >= 11 is 0. The van der Waals surface area contributed by atoms with Crippen molar-refractivity contribution >= 4 is 22.5 Å². The van der Waals surface area contributed by atoms with Crippen LogP contribution >= 0.6 is 0 Å². The minimum absolute atomic E-state index is 1.05. The molecule has 3 aromatic rings. The van der Waals surface area contributed by atoms with Crippen LogP contribution in [0.1, 0.15) is 20.8 Å². The number of hydrogen-bond acceptors (Lipinski definition) is 1. The zero-order valence-electron chi connectivity index (χ0n) is 20.7. The molecule has 0 saturated heterocycles. The monoisotopic (exact) mass is 612 g/mol. The molecule has 224 valence electrons. The summed E-state index contributed by atoms with van der Waals surface area (Å²) in [6, 6.07) is 0. The lowest BCUT2D eigenvalue weighted by atomic mass is 9.13. The molecule has 0 radical (unpaired) electrons. The van der Waals surface area contributed by atoms with E-state index in [1.165, 1.54) is 20.8 Å². The van der Waals surface area contributed by atoms with E-state index in [9.17, 15) is 39.5 Å². The summed E-state index contributed by atoms with van der Waals surface area (Å²) in [5, 5.41) is 2.42. The second-order valence-electron chi connectivity index (χ2n) is 9.96. The predicted octanol–water partition coefficient (Wildman–Crippen LogP) is 5.63. The highest BCUT2D eigenvalue weighted by Gasteiger charge is 2.47. The van der Waals surface area contributed by atoms with Crippen LogP contribution in [-0.2, 0) is 0 Å². The molecule has 1 nitrogen and oxygen atoms in total. The second kappa shape index (κ2) is 10.8. The summed E-state index contributed by atoms with van der Waals surface area (Å²) in [7, 11) is 0. The molecule has 3 aromatic carbocycles. The number of hydrogen-bond donors (Lipinski definition) is 1. The van der Waals surface area contributed by atoms with Gasteiger partial charge in [-0.05, 0) is 27.3 Å². The summed E-state index contributed by atoms with van der Waals surface area (Å²) in [4.78, 5) is 0. The molecule has 0 aromatic heterocycles. The van der Waals surface area contributed by atoms with Crippen LogP contribution in [0.5, 0.6) is 0 Å². The first-order chi connectivity index (χ1) is 18.7. The van der Waals surface area contributed by atoms with Gasteiger partial charge in [0.05, 0.1) is 0 Å². The maximum Gasteiger partial charge on any atom is 0.200 e. The Kier molecular flexibility index (Phi) is 8.47. The Balaban J connectivity index is 2.82. The average Bonchev–Trinajstić information content (AvgIpc) is 2.90. The Morgan fingerprint density at radius 2 is 0.585 bits per heavy atom. The molecule has 0 heterocycles. The highest BCUT2D eigenvalue weighted by Crippen LogP contribution is 2.29. The van der Waals surface area contributed by atoms with Gasteiger partial charge in [-0.2, -0.15) is 6.32 Å². The van der Waals surface area contributed by atoms with E-state index in [0.717, 1.165) is 0 Å². The molecule has 0 amide bonds. The van der Waals surface area contributed by atoms with Gasteiger partial charge in [0, 0.05) is 5.54 Å². The molecule has 0 saturated carbocycles. The Morgan fingerprint density at radius 3 is 0.780 bits per heavy atom. The van der Waals surface area contributed by atoms with Gasteiger partial charge in [-0.15, -0.1) is 16.4 Å². The van der Waals surface area contributed by atoms with Gasteiger partial charge in [-0.1, -0.05) is 0 Å². The zero-order chi connectivity index (χ0) is 31.5. The maximum atomic E-state index is 15.3. The summed E-state index contributed by atoms with van der Waals surface area (Å²) in [5.41, 5.74) is -8.96. The van der Waals surface area contributed by atoms with E-state index in [0.29, 0.717) is 0 Å². The number of nitrogens with one attached hydrogen (secondary N) is 1. The standard InChI is InChI=1S/C24H14BF15N/c1-24(2,3)41-5-4-25(6-9(26)15(32)21(38)16(33)10(6)27,7-11(28)17(34)22(39)18(35)12(7)29)8-13(30)19(36)23(40)20(37)14(8)31/h41H,4-5H2,1-3H3/q-1. The van der Waals surface area contributed by atoms with Gasteiger partial charge in [0.15, 0.2) is 52.4 Å². The average molecular weight is 612 g/mol. The Morgan fingerprint density at radius 1 is 0.390 bits per heavy atom. The number of halogens is 15. The minimum atomic E-state index is -5.53. The predicted molar refractivity (Wildman–Crippen MR) is 116 cm³/mol. The lowest BCUT2D eigenvalue weighted by molar-refractivity contribution is 0.379. The third-order valence-corrected chi connectivity index (χ3v) is 6.44. The van der Waals surface area contributed by atoms with Crippen LogP contribution < -0.4 is 21.7 Å². The number of benzene rings is 3. The topological polar surface area (TPSA) is 12.0 Å². The molecule has 0 atom stereocenters. The molecule has 0 spiro atoms. The minimum Gasteiger partial charge on any atom is -0.315 e. The quantitative estimate of drug-likeness (QED) is 0.165. The van der Waals surface area contributed by atoms with Crippen molar-refractivity contribution in [3.05, 3.63) is 87.3 Å². The molecular formula is C24H14BF15N-. The summed E-state index contributed by atoms with van der Waals surface area (Å²) in [5.74, 6) is -45.0. The van der Waals surface area contributed by atoms with Gasteiger partial charge in [0.2, 0.25) is 0 Å². The SMILES string of the molecule is CC(C)(C)NCC[B-](c1c(F)c(F)c(F)c(F)c1F)(c1c(F)c(F)c(F)c(F)c1F)c1c(F)c(F)c(F)c(F)c1F. The van der Waals surface area contributed by atoms with Gasteiger partial charge >= 0.3 is 0 Å². The lowest BCUT2D eigenvalue weighted by Gasteiger charge is -2.44. The van der Waals surface area contributed by atoms with Crippen LogP contribution in [0.4, 0.5) is 65.9 Å². The Hall–Kier alpha value is -3.37. The van der Waals surface area contributed by atoms with Crippen LogP contribution in [-0.4, -0.2) is 18.2 Å². The van der Waals surface area contributed by atoms with E-state index in [-0.39, 0.29) is 0 Å². The van der Waals surface area contributed by atoms with Gasteiger partial charge in [0.1, 0.15) is 41.0 Å². The molecule has 0 unspecified atom stereocenters. The summed E-state index contributed by atoms with van der Waals surface area (Å²) < 4.78 is 220. The maximum absolute atomic E-state index is 15.3. The summed E-state index contributed by atoms with van der Waals surface area (Å²) in [6.45, 7) is 2.98. The van der Waals surface area contributed by atoms with Crippen molar-refractivity contribution < 1.29 is 65.9 Å². The van der Waals surface area contributed by atoms with Crippen LogP contribution in [0.25, 0.3) is 0 Å². The van der Waals surface area contributed by atoms with E-state index in [1.54, 1.807) is 0 Å². The Labute approximate surface area is 220 Å². The summed E-state index contributed by atoms with van der Waals surface area (Å²) in [6.07, 6.45) is -7.27. The molecule has 41 heavy (non-hydrogen) atoms. The van der Waals surface area contributed by atoms with Gasteiger partial charge in [-0.25, -0.2) is 65.9 Å². The highest BCUT2D eigenvalue weighted by molar-refractivity contribution is 7.11. The molecule has 0 aliphatic heterocycles. The van der Waals surface area contributed by atoms with E-state index in [2.05, 4.69) is 5.32 Å². The molecule has 0 fully saturated rings. The van der Waals surface area contributed by atoms with Gasteiger partial charge in [-0.3, -0.25) is 0 Å². The smallest absolute Gasteiger partial charge is 0.200 e. The van der Waals surface area contributed by atoms with Gasteiger partial charge in [0.25, 0.3) is 0 Å². The fraction of sp³-hybridized carbons (Fsp3) is 0.250. The third-order valence-electron chi connectivity index (χ3n) is 6.44. The van der Waals surface area contributed by atoms with E-state index < -0.39 is 128 Å². The van der Waals surface area contributed by atoms with E-state index >= 15 is 26.3 Å². The molecule has 1 N–H and O–H groups in total. The second-order valence-corrected chi connectivity index (χ2v) is 9.96. The van der Waals surface area contributed by atoms with Crippen molar-refractivity contribution in [2.24, 2.45) is 0 Å². The van der Waals surface area contributed by atoms with Gasteiger partial charge < -0.3 is 5.32 Å². The first-order valence-electron chi connectivity index (χ1n) is 11.2. The van der Waals surface area contributed by atoms with E-state index in [1.807, 2.05) is 0 Å². The molecule has 3 rings (SSSR count). The molecular weight excluding hydrogens is 598 g/mol. The molecule has 0 bridgehead atoms. The van der Waals surface area contributed by atoms with Crippen LogP contribution in [0, 0.1) is 87.3 Å². The van der Waals surface area contributed by atoms with Crippen molar-refractivity contribution in [3.63, 3.8) is 0 Å². The molecule has 17 heteroatoms. The zero-order valence-corrected chi connectivity index (χ0v) is 20.7. The van der Waals surface area contributed by atoms with Crippen LogP contribution in [0.2, 0.25) is 6.32 Å². The lowest BCUT2D eigenvalue weighted by Crippen LogP contribution is -2.74.